The first-order valence-corrected chi connectivity index (χ1v) is 12.8. The van der Waals surface area contributed by atoms with E-state index in [2.05, 4.69) is 18.7 Å². The predicted molar refractivity (Wildman–Crippen MR) is 131 cm³/mol. The molecule has 32 heavy (non-hydrogen) atoms. The molecule has 1 aliphatic rings. The minimum Gasteiger partial charge on any atom is -0.478 e. The van der Waals surface area contributed by atoms with E-state index in [1.54, 1.807) is 6.07 Å². The Bertz CT molecular complexity index is 982. The molecular formula is C24H30ClNO5S. The van der Waals surface area contributed by atoms with Crippen LogP contribution in [0.25, 0.3) is 0 Å². The molecule has 1 aliphatic heterocycles. The van der Waals surface area contributed by atoms with Gasteiger partial charge in [-0.05, 0) is 31.0 Å². The van der Waals surface area contributed by atoms with E-state index in [1.807, 2.05) is 30.3 Å². The van der Waals surface area contributed by atoms with Crippen LogP contribution in [-0.2, 0) is 4.79 Å². The van der Waals surface area contributed by atoms with Gasteiger partial charge in [-0.25, -0.2) is 4.79 Å². The molecule has 0 amide bonds. The Morgan fingerprint density at radius 1 is 1.25 bits per heavy atom. The van der Waals surface area contributed by atoms with Gasteiger partial charge in [0, 0.05) is 29.5 Å². The zero-order chi connectivity index (χ0) is 23.4. The number of hydrogen-bond donors (Lipinski definition) is 3. The molecule has 8 heteroatoms. The van der Waals surface area contributed by atoms with Gasteiger partial charge in [-0.3, -0.25) is 9.11 Å². The van der Waals surface area contributed by atoms with Gasteiger partial charge in [0.1, 0.15) is 5.75 Å². The van der Waals surface area contributed by atoms with E-state index in [0.29, 0.717) is 17.1 Å². The standard InChI is InChI=1S/C24H30ClNO5S/c1-3-5-12-24(4-2)16-26(18-9-7-6-8-10-18)20-14-19(25)21(31-13-11-23(27)28)15-22(20)32(29,30)17-24/h6-11,13-15,29-30H,3-5,12,16-17H2,1-2H3,(H,27,28). The van der Waals surface area contributed by atoms with Crippen LogP contribution >= 0.6 is 22.2 Å². The third-order valence-electron chi connectivity index (χ3n) is 5.94. The second-order valence-electron chi connectivity index (χ2n) is 8.20. The lowest BCUT2D eigenvalue weighted by molar-refractivity contribution is -0.131. The third kappa shape index (κ3) is 5.41. The maximum absolute atomic E-state index is 11.4. The number of carboxylic acids is 1. The van der Waals surface area contributed by atoms with Gasteiger partial charge < -0.3 is 14.7 Å². The highest BCUT2D eigenvalue weighted by Crippen LogP contribution is 2.61. The second kappa shape index (κ2) is 10.2. The molecule has 0 bridgehead atoms. The number of anilines is 2. The Kier molecular flexibility index (Phi) is 7.77. The summed E-state index contributed by atoms with van der Waals surface area (Å²) in [5.74, 6) is -0.730. The monoisotopic (exact) mass is 479 g/mol. The topological polar surface area (TPSA) is 90.2 Å². The highest BCUT2D eigenvalue weighted by molar-refractivity contribution is 8.24. The van der Waals surface area contributed by atoms with Gasteiger partial charge in [-0.15, -0.1) is 0 Å². The first-order valence-electron chi connectivity index (χ1n) is 10.7. The third-order valence-corrected chi connectivity index (χ3v) is 8.28. The summed E-state index contributed by atoms with van der Waals surface area (Å²) >= 11 is 6.48. The van der Waals surface area contributed by atoms with Crippen molar-refractivity contribution in [1.29, 1.82) is 0 Å². The molecule has 3 rings (SSSR count). The van der Waals surface area contributed by atoms with Crippen molar-refractivity contribution in [2.24, 2.45) is 5.41 Å². The van der Waals surface area contributed by atoms with Crippen LogP contribution in [0.1, 0.15) is 39.5 Å². The molecule has 2 aromatic carbocycles. The Balaban J connectivity index is 2.16. The summed E-state index contributed by atoms with van der Waals surface area (Å²) in [6, 6.07) is 13.0. The number of nitrogens with zero attached hydrogens (tertiary/aromatic N) is 1. The highest BCUT2D eigenvalue weighted by atomic mass is 35.5. The van der Waals surface area contributed by atoms with Gasteiger partial charge >= 0.3 is 5.97 Å². The number of carboxylic acid groups (broad SMARTS) is 1. The minimum absolute atomic E-state index is 0.175. The van der Waals surface area contributed by atoms with Crippen LogP contribution in [-0.4, -0.2) is 32.5 Å². The fraction of sp³-hybridized carbons (Fsp3) is 0.375. The summed E-state index contributed by atoms with van der Waals surface area (Å²) in [4.78, 5) is 13.2. The van der Waals surface area contributed by atoms with Crippen molar-refractivity contribution in [1.82, 2.24) is 0 Å². The van der Waals surface area contributed by atoms with Crippen LogP contribution < -0.4 is 9.64 Å². The number of unbranched alkanes of at least 4 members (excludes halogenated alkanes) is 1. The molecular weight excluding hydrogens is 450 g/mol. The van der Waals surface area contributed by atoms with Crippen molar-refractivity contribution in [2.45, 2.75) is 44.4 Å². The molecule has 1 unspecified atom stereocenters. The highest BCUT2D eigenvalue weighted by Gasteiger charge is 2.42. The van der Waals surface area contributed by atoms with Gasteiger partial charge in [0.05, 0.1) is 27.9 Å². The summed E-state index contributed by atoms with van der Waals surface area (Å²) in [6.07, 6.45) is 5.58. The first-order chi connectivity index (χ1) is 15.2. The number of hydrogen-bond acceptors (Lipinski definition) is 5. The second-order valence-corrected chi connectivity index (χ2v) is 10.7. The lowest BCUT2D eigenvalue weighted by atomic mass is 9.81. The van der Waals surface area contributed by atoms with Crippen LogP contribution in [0.2, 0.25) is 5.02 Å². The van der Waals surface area contributed by atoms with Crippen molar-refractivity contribution in [3.63, 3.8) is 0 Å². The minimum atomic E-state index is -3.17. The van der Waals surface area contributed by atoms with Gasteiger partial charge in [0.15, 0.2) is 0 Å². The summed E-state index contributed by atoms with van der Waals surface area (Å²) in [6.45, 7) is 4.87. The van der Waals surface area contributed by atoms with Crippen molar-refractivity contribution in [2.75, 3.05) is 17.2 Å². The Hall–Kier alpha value is -2.19. The number of halogens is 1. The molecule has 1 atom stereocenters. The Morgan fingerprint density at radius 3 is 2.59 bits per heavy atom. The van der Waals surface area contributed by atoms with Crippen LogP contribution in [0.3, 0.4) is 0 Å². The first kappa shape index (κ1) is 24.5. The summed E-state index contributed by atoms with van der Waals surface area (Å²) in [7, 11) is -3.17. The van der Waals surface area contributed by atoms with E-state index in [9.17, 15) is 13.9 Å². The quantitative estimate of drug-likeness (QED) is 0.275. The molecule has 2 aromatic rings. The number of aliphatic carboxylic acids is 1. The van der Waals surface area contributed by atoms with Crippen molar-refractivity contribution in [3.05, 3.63) is 59.8 Å². The SMILES string of the molecule is CCCCC1(CC)CN(c2ccccc2)c2cc(Cl)c(OC=CC(=O)O)cc2S(O)(O)C1. The van der Waals surface area contributed by atoms with Crippen LogP contribution in [0.15, 0.2) is 59.7 Å². The van der Waals surface area contributed by atoms with E-state index in [1.165, 1.54) is 6.07 Å². The van der Waals surface area contributed by atoms with Crippen LogP contribution in [0.5, 0.6) is 5.75 Å². The molecule has 1 heterocycles. The molecule has 3 N–H and O–H groups in total. The normalized spacial score (nSPS) is 21.1. The summed E-state index contributed by atoms with van der Waals surface area (Å²) in [5.41, 5.74) is 1.28. The number of rotatable bonds is 8. The fourth-order valence-corrected chi connectivity index (χ4v) is 6.61. The van der Waals surface area contributed by atoms with Crippen LogP contribution in [0.4, 0.5) is 11.4 Å². The number of para-hydroxylation sites is 1. The van der Waals surface area contributed by atoms with E-state index < -0.39 is 16.6 Å². The maximum atomic E-state index is 11.4. The number of carbonyl (C=O) groups is 1. The van der Waals surface area contributed by atoms with Crippen molar-refractivity contribution in [3.8, 4) is 5.75 Å². The largest absolute Gasteiger partial charge is 0.478 e. The van der Waals surface area contributed by atoms with Crippen LogP contribution in [0, 0.1) is 5.41 Å². The van der Waals surface area contributed by atoms with Crippen molar-refractivity contribution >= 4 is 39.5 Å². The molecule has 0 saturated carbocycles. The lowest BCUT2D eigenvalue weighted by Crippen LogP contribution is -2.37. The fourth-order valence-electron chi connectivity index (χ4n) is 4.16. The Labute approximate surface area is 195 Å². The van der Waals surface area contributed by atoms with Gasteiger partial charge in [0.25, 0.3) is 0 Å². The average molecular weight is 480 g/mol. The zero-order valence-electron chi connectivity index (χ0n) is 18.3. The predicted octanol–water partition coefficient (Wildman–Crippen LogP) is 7.16. The van der Waals surface area contributed by atoms with E-state index in [4.69, 9.17) is 21.4 Å². The van der Waals surface area contributed by atoms with E-state index in [-0.39, 0.29) is 21.9 Å². The van der Waals surface area contributed by atoms with E-state index >= 15 is 0 Å². The number of ether oxygens (including phenoxy) is 1. The van der Waals surface area contributed by atoms with Gasteiger partial charge in [0.2, 0.25) is 0 Å². The molecule has 0 fully saturated rings. The molecule has 0 saturated heterocycles. The van der Waals surface area contributed by atoms with E-state index in [0.717, 1.165) is 43.7 Å². The molecule has 0 aliphatic carbocycles. The molecule has 0 spiro atoms. The average Bonchev–Trinajstić information content (AvgIpc) is 2.85. The molecule has 0 radical (unpaired) electrons. The van der Waals surface area contributed by atoms with Gasteiger partial charge in [-0.2, -0.15) is 10.6 Å². The summed E-state index contributed by atoms with van der Waals surface area (Å²) in [5, 5.41) is 9.06. The van der Waals surface area contributed by atoms with Crippen molar-refractivity contribution < 1.29 is 23.7 Å². The van der Waals surface area contributed by atoms with Gasteiger partial charge in [-0.1, -0.05) is 56.5 Å². The lowest BCUT2D eigenvalue weighted by Gasteiger charge is -2.41. The zero-order valence-corrected chi connectivity index (χ0v) is 19.9. The number of fused-ring (bicyclic) bond motifs is 1. The molecule has 0 aromatic heterocycles. The Morgan fingerprint density at radius 2 is 1.97 bits per heavy atom. The number of benzene rings is 2. The smallest absolute Gasteiger partial charge is 0.331 e. The maximum Gasteiger partial charge on any atom is 0.331 e. The molecule has 174 valence electrons. The molecule has 6 nitrogen and oxygen atoms in total. The summed E-state index contributed by atoms with van der Waals surface area (Å²) < 4.78 is 28.1.